The summed E-state index contributed by atoms with van der Waals surface area (Å²) in [6.45, 7) is 0. The van der Waals surface area contributed by atoms with E-state index in [0.717, 1.165) is 0 Å². The van der Waals surface area contributed by atoms with Crippen molar-refractivity contribution in [3.05, 3.63) is 61.7 Å². The van der Waals surface area contributed by atoms with E-state index in [9.17, 15) is 32.7 Å². The molecule has 0 saturated heterocycles. The van der Waals surface area contributed by atoms with Crippen LogP contribution in [0.3, 0.4) is 0 Å². The quantitative estimate of drug-likeness (QED) is 0.294. The van der Waals surface area contributed by atoms with E-state index >= 15 is 0 Å². The standard InChI is InChI=1S/C14H7ClN2O7S/c15-5-1-2-6-7(3-5)14(19)11-10(13(6)18)8(17(20)21)4-9(12(11)16)25(22,23)24/h1-4H,16H2,(H,22,23,24). The molecule has 0 fully saturated rings. The van der Waals surface area contributed by atoms with Crippen molar-refractivity contribution in [3.63, 3.8) is 0 Å². The van der Waals surface area contributed by atoms with Crippen LogP contribution in [0.1, 0.15) is 31.8 Å². The SMILES string of the molecule is Nc1c(S(=O)(=O)O)cc([N+](=O)[O-])c2c1C(=O)c1cc(Cl)ccc1C2=O. The van der Waals surface area contributed by atoms with Gasteiger partial charge in [0.2, 0.25) is 5.78 Å². The van der Waals surface area contributed by atoms with Gasteiger partial charge in [0.25, 0.3) is 15.8 Å². The largest absolute Gasteiger partial charge is 0.397 e. The summed E-state index contributed by atoms with van der Waals surface area (Å²) in [4.78, 5) is 34.6. The molecule has 0 saturated carbocycles. The Balaban J connectivity index is 2.49. The highest BCUT2D eigenvalue weighted by Gasteiger charge is 2.40. The highest BCUT2D eigenvalue weighted by atomic mass is 35.5. The Hall–Kier alpha value is -2.82. The van der Waals surface area contributed by atoms with Crippen LogP contribution in [0.2, 0.25) is 5.02 Å². The Morgan fingerprint density at radius 2 is 1.68 bits per heavy atom. The van der Waals surface area contributed by atoms with Crippen molar-refractivity contribution in [1.29, 1.82) is 0 Å². The Morgan fingerprint density at radius 3 is 2.24 bits per heavy atom. The normalized spacial score (nSPS) is 13.4. The van der Waals surface area contributed by atoms with Gasteiger partial charge in [-0.2, -0.15) is 8.42 Å². The lowest BCUT2D eigenvalue weighted by atomic mass is 9.82. The fourth-order valence-corrected chi connectivity index (χ4v) is 3.47. The number of benzene rings is 2. The van der Waals surface area contributed by atoms with Gasteiger partial charge in [-0.15, -0.1) is 0 Å². The number of hydrogen-bond donors (Lipinski definition) is 2. The van der Waals surface area contributed by atoms with Crippen LogP contribution < -0.4 is 5.73 Å². The Morgan fingerprint density at radius 1 is 1.08 bits per heavy atom. The van der Waals surface area contributed by atoms with Gasteiger partial charge in [0.15, 0.2) is 5.78 Å². The van der Waals surface area contributed by atoms with Gasteiger partial charge in [-0.3, -0.25) is 24.3 Å². The first-order valence-electron chi connectivity index (χ1n) is 6.51. The molecule has 0 unspecified atom stereocenters. The molecule has 2 aromatic carbocycles. The van der Waals surface area contributed by atoms with Crippen LogP contribution >= 0.6 is 11.6 Å². The van der Waals surface area contributed by atoms with Crippen LogP contribution in [-0.4, -0.2) is 29.5 Å². The number of nitrogens with zero attached hydrogens (tertiary/aromatic N) is 1. The Kier molecular flexibility index (Phi) is 3.64. The van der Waals surface area contributed by atoms with E-state index in [4.69, 9.17) is 17.3 Å². The van der Waals surface area contributed by atoms with Crippen LogP contribution in [0.5, 0.6) is 0 Å². The monoisotopic (exact) mass is 382 g/mol. The first-order valence-corrected chi connectivity index (χ1v) is 8.33. The van der Waals surface area contributed by atoms with Gasteiger partial charge in [-0.25, -0.2) is 0 Å². The van der Waals surface area contributed by atoms with E-state index in [1.807, 2.05) is 0 Å². The van der Waals surface area contributed by atoms with Crippen LogP contribution in [0.25, 0.3) is 0 Å². The van der Waals surface area contributed by atoms with Gasteiger partial charge in [0, 0.05) is 22.2 Å². The molecular formula is C14H7ClN2O7S. The third kappa shape index (κ3) is 2.47. The van der Waals surface area contributed by atoms with E-state index in [1.54, 1.807) is 0 Å². The molecule has 0 radical (unpaired) electrons. The minimum atomic E-state index is -4.97. The second-order valence-electron chi connectivity index (χ2n) is 5.14. The predicted molar refractivity (Wildman–Crippen MR) is 85.6 cm³/mol. The molecule has 0 amide bonds. The summed E-state index contributed by atoms with van der Waals surface area (Å²) in [5.74, 6) is -1.78. The van der Waals surface area contributed by atoms with E-state index in [1.165, 1.54) is 18.2 Å². The maximum atomic E-state index is 12.7. The number of nitro benzene ring substituents is 1. The summed E-state index contributed by atoms with van der Waals surface area (Å²) < 4.78 is 32.1. The molecule has 0 heterocycles. The molecule has 0 bridgehead atoms. The molecule has 0 atom stereocenters. The van der Waals surface area contributed by atoms with Gasteiger partial charge in [0.05, 0.1) is 16.2 Å². The molecule has 1 aliphatic rings. The van der Waals surface area contributed by atoms with E-state index < -0.39 is 54.0 Å². The summed E-state index contributed by atoms with van der Waals surface area (Å²) in [6, 6.07) is 4.19. The molecule has 2 aromatic rings. The third-order valence-electron chi connectivity index (χ3n) is 3.71. The maximum Gasteiger partial charge on any atom is 0.296 e. The maximum absolute atomic E-state index is 12.7. The van der Waals surface area contributed by atoms with Gasteiger partial charge < -0.3 is 5.73 Å². The van der Waals surface area contributed by atoms with Crippen molar-refractivity contribution in [2.75, 3.05) is 5.73 Å². The topological polar surface area (TPSA) is 158 Å². The number of nitro groups is 1. The lowest BCUT2D eigenvalue weighted by Gasteiger charge is -2.20. The smallest absolute Gasteiger partial charge is 0.296 e. The zero-order valence-corrected chi connectivity index (χ0v) is 13.6. The minimum Gasteiger partial charge on any atom is -0.397 e. The molecule has 1 aliphatic carbocycles. The molecule has 0 spiro atoms. The van der Waals surface area contributed by atoms with Crippen LogP contribution in [0.4, 0.5) is 11.4 Å². The average molecular weight is 383 g/mol. The minimum absolute atomic E-state index is 0.121. The van der Waals surface area contributed by atoms with Gasteiger partial charge in [-0.05, 0) is 18.2 Å². The van der Waals surface area contributed by atoms with E-state index in [0.29, 0.717) is 6.07 Å². The lowest BCUT2D eigenvalue weighted by Crippen LogP contribution is -2.25. The Bertz CT molecular complexity index is 1110. The highest BCUT2D eigenvalue weighted by Crippen LogP contribution is 2.40. The summed E-state index contributed by atoms with van der Waals surface area (Å²) in [7, 11) is -4.97. The van der Waals surface area contributed by atoms with Crippen molar-refractivity contribution in [2.24, 2.45) is 0 Å². The predicted octanol–water partition coefficient (Wildman–Crippen LogP) is 1.85. The fourth-order valence-electron chi connectivity index (χ4n) is 2.65. The van der Waals surface area contributed by atoms with Crippen molar-refractivity contribution in [2.45, 2.75) is 4.90 Å². The number of rotatable bonds is 2. The first kappa shape index (κ1) is 17.0. The van der Waals surface area contributed by atoms with Gasteiger partial charge in [0.1, 0.15) is 10.5 Å². The molecule has 128 valence electrons. The van der Waals surface area contributed by atoms with E-state index in [-0.39, 0.29) is 16.1 Å². The molecule has 0 aromatic heterocycles. The van der Waals surface area contributed by atoms with Crippen LogP contribution in [0.15, 0.2) is 29.2 Å². The zero-order valence-electron chi connectivity index (χ0n) is 12.0. The van der Waals surface area contributed by atoms with Crippen molar-refractivity contribution >= 4 is 44.7 Å². The van der Waals surface area contributed by atoms with Crippen molar-refractivity contribution in [1.82, 2.24) is 0 Å². The molecule has 11 heteroatoms. The number of hydrogen-bond acceptors (Lipinski definition) is 7. The first-order chi connectivity index (χ1) is 11.5. The van der Waals surface area contributed by atoms with Crippen LogP contribution in [-0.2, 0) is 10.1 Å². The second kappa shape index (κ2) is 5.34. The molecule has 0 aliphatic heterocycles. The number of carbonyl (C=O) groups excluding carboxylic acids is 2. The summed E-state index contributed by atoms with van der Waals surface area (Å²) in [5, 5.41) is 11.4. The number of ketones is 2. The summed E-state index contributed by atoms with van der Waals surface area (Å²) >= 11 is 5.80. The number of halogens is 1. The summed E-state index contributed by atoms with van der Waals surface area (Å²) in [6.07, 6.45) is 0. The molecule has 3 rings (SSSR count). The molecular weight excluding hydrogens is 376 g/mol. The Labute approximate surface area is 144 Å². The lowest BCUT2D eigenvalue weighted by molar-refractivity contribution is -0.385. The van der Waals surface area contributed by atoms with Crippen molar-refractivity contribution < 1.29 is 27.5 Å². The number of carbonyl (C=O) groups is 2. The van der Waals surface area contributed by atoms with E-state index in [2.05, 4.69) is 0 Å². The van der Waals surface area contributed by atoms with Crippen LogP contribution in [0, 0.1) is 10.1 Å². The third-order valence-corrected chi connectivity index (χ3v) is 4.84. The number of nitrogens with two attached hydrogens (primary N) is 1. The zero-order chi connectivity index (χ0) is 18.7. The highest BCUT2D eigenvalue weighted by molar-refractivity contribution is 7.86. The van der Waals surface area contributed by atoms with Gasteiger partial charge in [-0.1, -0.05) is 11.6 Å². The summed E-state index contributed by atoms with van der Waals surface area (Å²) in [5.41, 5.74) is 2.38. The number of nitrogen functional groups attached to an aromatic ring is 1. The molecule has 3 N–H and O–H groups in total. The molecule has 25 heavy (non-hydrogen) atoms. The number of anilines is 1. The molecule has 9 nitrogen and oxygen atoms in total. The second-order valence-corrected chi connectivity index (χ2v) is 6.96. The van der Waals surface area contributed by atoms with Crippen molar-refractivity contribution in [3.8, 4) is 0 Å². The average Bonchev–Trinajstić information content (AvgIpc) is 2.50. The fraction of sp³-hybridized carbons (Fsp3) is 0. The number of fused-ring (bicyclic) bond motifs is 2. The van der Waals surface area contributed by atoms with Gasteiger partial charge >= 0.3 is 0 Å².